The summed E-state index contributed by atoms with van der Waals surface area (Å²) in [6.07, 6.45) is 2.31. The van der Waals surface area contributed by atoms with Gasteiger partial charge in [-0.05, 0) is 43.9 Å². The van der Waals surface area contributed by atoms with E-state index < -0.39 is 10.0 Å². The number of benzene rings is 1. The van der Waals surface area contributed by atoms with Crippen molar-refractivity contribution in [2.75, 3.05) is 33.4 Å². The zero-order chi connectivity index (χ0) is 17.3. The molecule has 1 amide bonds. The van der Waals surface area contributed by atoms with Crippen molar-refractivity contribution < 1.29 is 17.9 Å². The van der Waals surface area contributed by atoms with E-state index in [1.54, 1.807) is 30.1 Å². The second-order valence-corrected chi connectivity index (χ2v) is 8.48. The molecule has 1 unspecified atom stereocenters. The summed E-state index contributed by atoms with van der Waals surface area (Å²) in [5, 5.41) is 0. The minimum atomic E-state index is -3.59. The lowest BCUT2D eigenvalue weighted by Gasteiger charge is -2.27. The third-order valence-electron chi connectivity index (χ3n) is 4.92. The Morgan fingerprint density at radius 1 is 1.29 bits per heavy atom. The lowest BCUT2D eigenvalue weighted by Crippen LogP contribution is -2.40. The smallest absolute Gasteiger partial charge is 0.253 e. The molecule has 24 heavy (non-hydrogen) atoms. The van der Waals surface area contributed by atoms with Crippen LogP contribution in [-0.4, -0.2) is 62.9 Å². The van der Waals surface area contributed by atoms with Gasteiger partial charge >= 0.3 is 0 Å². The second kappa shape index (κ2) is 6.82. The van der Waals surface area contributed by atoms with Crippen molar-refractivity contribution >= 4 is 15.9 Å². The Balaban J connectivity index is 1.81. The summed E-state index contributed by atoms with van der Waals surface area (Å²) in [6, 6.07) is 6.53. The third kappa shape index (κ3) is 3.48. The molecule has 0 spiro atoms. The van der Waals surface area contributed by atoms with Gasteiger partial charge in [-0.2, -0.15) is 4.31 Å². The maximum absolute atomic E-state index is 12.7. The summed E-state index contributed by atoms with van der Waals surface area (Å²) in [6.45, 7) is 3.54. The normalized spacial score (nSPS) is 20.6. The van der Waals surface area contributed by atoms with Crippen LogP contribution in [0.4, 0.5) is 0 Å². The summed E-state index contributed by atoms with van der Waals surface area (Å²) in [7, 11) is -1.80. The fourth-order valence-corrected chi connectivity index (χ4v) is 4.46. The molecule has 1 saturated carbocycles. The second-order valence-electron chi connectivity index (χ2n) is 6.54. The van der Waals surface area contributed by atoms with Crippen LogP contribution in [0.25, 0.3) is 0 Å². The zero-order valence-electron chi connectivity index (χ0n) is 14.1. The van der Waals surface area contributed by atoms with Crippen LogP contribution >= 0.6 is 0 Å². The van der Waals surface area contributed by atoms with Crippen molar-refractivity contribution in [2.24, 2.45) is 5.92 Å². The van der Waals surface area contributed by atoms with Gasteiger partial charge in [0.1, 0.15) is 0 Å². The van der Waals surface area contributed by atoms with Gasteiger partial charge in [-0.15, -0.1) is 0 Å². The SMILES string of the molecule is CC(C1CC1)N(C)C(=O)c1cccc(S(=O)(=O)N2CCOCC2)c1. The lowest BCUT2D eigenvalue weighted by atomic mass is 10.1. The highest BCUT2D eigenvalue weighted by Gasteiger charge is 2.33. The van der Waals surface area contributed by atoms with Crippen LogP contribution in [0.15, 0.2) is 29.2 Å². The first kappa shape index (κ1) is 17.4. The van der Waals surface area contributed by atoms with E-state index in [0.29, 0.717) is 37.8 Å². The first-order valence-corrected chi connectivity index (χ1v) is 9.80. The molecule has 1 aromatic rings. The van der Waals surface area contributed by atoms with Gasteiger partial charge in [-0.1, -0.05) is 6.07 Å². The standard InChI is InChI=1S/C17H24N2O4S/c1-13(14-6-7-14)18(2)17(20)15-4-3-5-16(12-15)24(21,22)19-8-10-23-11-9-19/h3-5,12-14H,6-11H2,1-2H3. The van der Waals surface area contributed by atoms with Crippen LogP contribution in [0.1, 0.15) is 30.1 Å². The molecule has 1 aliphatic carbocycles. The van der Waals surface area contributed by atoms with Crippen molar-refractivity contribution in [1.29, 1.82) is 0 Å². The molecular weight excluding hydrogens is 328 g/mol. The number of hydrogen-bond donors (Lipinski definition) is 0. The molecule has 1 aliphatic heterocycles. The van der Waals surface area contributed by atoms with Crippen LogP contribution in [0.2, 0.25) is 0 Å². The Labute approximate surface area is 143 Å². The van der Waals surface area contributed by atoms with Gasteiger partial charge in [0, 0.05) is 31.7 Å². The predicted molar refractivity (Wildman–Crippen MR) is 90.3 cm³/mol. The molecule has 2 fully saturated rings. The summed E-state index contributed by atoms with van der Waals surface area (Å²) in [5.74, 6) is 0.438. The van der Waals surface area contributed by atoms with E-state index in [-0.39, 0.29) is 16.8 Å². The van der Waals surface area contributed by atoms with E-state index in [1.807, 2.05) is 6.92 Å². The van der Waals surface area contributed by atoms with Crippen LogP contribution in [-0.2, 0) is 14.8 Å². The summed E-state index contributed by atoms with van der Waals surface area (Å²) < 4.78 is 32.1. The van der Waals surface area contributed by atoms with Gasteiger partial charge in [-0.25, -0.2) is 8.42 Å². The molecule has 6 nitrogen and oxygen atoms in total. The minimum absolute atomic E-state index is 0.131. The fraction of sp³-hybridized carbons (Fsp3) is 0.588. The van der Waals surface area contributed by atoms with Crippen molar-refractivity contribution in [3.05, 3.63) is 29.8 Å². The topological polar surface area (TPSA) is 66.9 Å². The monoisotopic (exact) mass is 352 g/mol. The lowest BCUT2D eigenvalue weighted by molar-refractivity contribution is 0.0723. The first-order valence-electron chi connectivity index (χ1n) is 8.36. The van der Waals surface area contributed by atoms with Crippen molar-refractivity contribution in [1.82, 2.24) is 9.21 Å². The van der Waals surface area contributed by atoms with Gasteiger partial charge in [-0.3, -0.25) is 4.79 Å². The van der Waals surface area contributed by atoms with Gasteiger partial charge in [0.2, 0.25) is 10.0 Å². The van der Waals surface area contributed by atoms with Crippen molar-refractivity contribution in [3.8, 4) is 0 Å². The van der Waals surface area contributed by atoms with Gasteiger partial charge in [0.15, 0.2) is 0 Å². The number of nitrogens with zero attached hydrogens (tertiary/aromatic N) is 2. The fourth-order valence-electron chi connectivity index (χ4n) is 3.01. The van der Waals surface area contributed by atoms with Crippen LogP contribution in [0, 0.1) is 5.92 Å². The van der Waals surface area contributed by atoms with Gasteiger partial charge in [0.05, 0.1) is 18.1 Å². The molecule has 0 aromatic heterocycles. The number of morpholine rings is 1. The molecule has 0 radical (unpaired) electrons. The van der Waals surface area contributed by atoms with E-state index in [9.17, 15) is 13.2 Å². The highest BCUT2D eigenvalue weighted by Crippen LogP contribution is 2.35. The van der Waals surface area contributed by atoms with Crippen molar-refractivity contribution in [3.63, 3.8) is 0 Å². The third-order valence-corrected chi connectivity index (χ3v) is 6.82. The van der Waals surface area contributed by atoms with Crippen LogP contribution < -0.4 is 0 Å². The summed E-state index contributed by atoms with van der Waals surface area (Å²) in [5.41, 5.74) is 0.416. The number of carbonyl (C=O) groups excluding carboxylic acids is 1. The number of hydrogen-bond acceptors (Lipinski definition) is 4. The highest BCUT2D eigenvalue weighted by atomic mass is 32.2. The molecule has 0 bridgehead atoms. The molecular formula is C17H24N2O4S. The maximum atomic E-state index is 12.7. The number of ether oxygens (including phenoxy) is 1. The molecule has 2 aliphatic rings. The van der Waals surface area contributed by atoms with E-state index in [4.69, 9.17) is 4.74 Å². The van der Waals surface area contributed by atoms with E-state index >= 15 is 0 Å². The largest absolute Gasteiger partial charge is 0.379 e. The summed E-state index contributed by atoms with van der Waals surface area (Å²) in [4.78, 5) is 14.6. The molecule has 0 N–H and O–H groups in total. The van der Waals surface area contributed by atoms with Crippen LogP contribution in [0.3, 0.4) is 0 Å². The Morgan fingerprint density at radius 2 is 1.96 bits per heavy atom. The number of amides is 1. The van der Waals surface area contributed by atoms with E-state index in [1.165, 1.54) is 10.4 Å². The number of sulfonamides is 1. The van der Waals surface area contributed by atoms with Gasteiger partial charge in [0.25, 0.3) is 5.91 Å². The minimum Gasteiger partial charge on any atom is -0.379 e. The average Bonchev–Trinajstić information content (AvgIpc) is 3.46. The molecule has 3 rings (SSSR count). The molecule has 1 heterocycles. The van der Waals surface area contributed by atoms with Crippen molar-refractivity contribution in [2.45, 2.75) is 30.7 Å². The molecule has 7 heteroatoms. The Morgan fingerprint density at radius 3 is 2.58 bits per heavy atom. The van der Waals surface area contributed by atoms with E-state index in [2.05, 4.69) is 0 Å². The number of rotatable bonds is 5. The summed E-state index contributed by atoms with van der Waals surface area (Å²) >= 11 is 0. The molecule has 1 saturated heterocycles. The maximum Gasteiger partial charge on any atom is 0.253 e. The molecule has 1 aromatic carbocycles. The molecule has 1 atom stereocenters. The predicted octanol–water partition coefficient (Wildman–Crippen LogP) is 1.58. The Bertz CT molecular complexity index is 709. The highest BCUT2D eigenvalue weighted by molar-refractivity contribution is 7.89. The molecule has 132 valence electrons. The first-order chi connectivity index (χ1) is 11.4. The quantitative estimate of drug-likeness (QED) is 0.807. The van der Waals surface area contributed by atoms with Crippen LogP contribution in [0.5, 0.6) is 0 Å². The Hall–Kier alpha value is -1.44. The number of carbonyl (C=O) groups is 1. The van der Waals surface area contributed by atoms with Gasteiger partial charge < -0.3 is 9.64 Å². The Kier molecular flexibility index (Phi) is 4.94. The zero-order valence-corrected chi connectivity index (χ0v) is 15.0. The average molecular weight is 352 g/mol. The van der Waals surface area contributed by atoms with E-state index in [0.717, 1.165) is 12.8 Å².